The van der Waals surface area contributed by atoms with Crippen LogP contribution in [0.1, 0.15) is 12.5 Å². The van der Waals surface area contributed by atoms with Crippen LogP contribution in [0.5, 0.6) is 5.75 Å². The molecule has 0 saturated carbocycles. The summed E-state index contributed by atoms with van der Waals surface area (Å²) in [7, 11) is 0. The molecule has 1 aliphatic rings. The van der Waals surface area contributed by atoms with E-state index >= 15 is 0 Å². The zero-order valence-electron chi connectivity index (χ0n) is 11.2. The largest absolute Gasteiger partial charge is 0.491 e. The number of nitrogens with zero attached hydrogens (tertiary/aromatic N) is 2. The molecule has 104 valence electrons. The molecule has 1 fully saturated rings. The lowest BCUT2D eigenvalue weighted by atomic mass is 10.1. The zero-order chi connectivity index (χ0) is 13.8. The fraction of sp³-hybridized carbons (Fsp3) is 0.538. The number of anilines is 1. The Hall–Kier alpha value is -1.82. The van der Waals surface area contributed by atoms with E-state index in [1.807, 2.05) is 13.0 Å². The fourth-order valence-corrected chi connectivity index (χ4v) is 2.18. The van der Waals surface area contributed by atoms with E-state index < -0.39 is 0 Å². The number of hydrogen-bond donors (Lipinski definition) is 0. The second-order valence-electron chi connectivity index (χ2n) is 4.40. The molecule has 1 heterocycles. The number of rotatable bonds is 4. The van der Waals surface area contributed by atoms with Crippen LogP contribution in [-0.4, -0.2) is 37.8 Å². The Bertz CT molecular complexity index is 470. The summed E-state index contributed by atoms with van der Waals surface area (Å²) in [6.07, 6.45) is 0. The molecule has 1 aromatic carbocycles. The van der Waals surface area contributed by atoms with Gasteiger partial charge in [0.2, 0.25) is 0 Å². The molecule has 1 aliphatic heterocycles. The predicted molar refractivity (Wildman–Crippen MR) is 72.0 cm³/mol. The molecule has 0 unspecified atom stereocenters. The van der Waals surface area contributed by atoms with E-state index in [4.69, 9.17) is 9.47 Å². The molecular weight excluding hydrogens is 248 g/mol. The molecule has 0 spiro atoms. The third-order valence-electron chi connectivity index (χ3n) is 3.13. The van der Waals surface area contributed by atoms with Gasteiger partial charge < -0.3 is 14.4 Å². The first-order valence-corrected chi connectivity index (χ1v) is 6.38. The highest BCUT2D eigenvalue weighted by Crippen LogP contribution is 2.35. The quantitative estimate of drug-likeness (QED) is 0.617. The van der Waals surface area contributed by atoms with Gasteiger partial charge >= 0.3 is 0 Å². The first-order valence-electron chi connectivity index (χ1n) is 6.38. The van der Waals surface area contributed by atoms with Gasteiger partial charge in [-0.2, -0.15) is 0 Å². The topological polar surface area (TPSA) is 64.8 Å². The van der Waals surface area contributed by atoms with Gasteiger partial charge in [0.1, 0.15) is 5.75 Å². The van der Waals surface area contributed by atoms with Gasteiger partial charge in [0.05, 0.1) is 36.5 Å². The molecule has 0 bridgehead atoms. The summed E-state index contributed by atoms with van der Waals surface area (Å²) in [6, 6.07) is 3.35. The molecule has 0 aromatic heterocycles. The molecule has 6 nitrogen and oxygen atoms in total. The van der Waals surface area contributed by atoms with Crippen molar-refractivity contribution in [3.8, 4) is 5.75 Å². The molecule has 19 heavy (non-hydrogen) atoms. The van der Waals surface area contributed by atoms with Crippen LogP contribution >= 0.6 is 0 Å². The minimum Gasteiger partial charge on any atom is -0.491 e. The molecule has 2 rings (SSSR count). The van der Waals surface area contributed by atoms with E-state index in [2.05, 4.69) is 4.90 Å². The van der Waals surface area contributed by atoms with E-state index in [0.717, 1.165) is 18.8 Å². The molecule has 0 amide bonds. The van der Waals surface area contributed by atoms with Gasteiger partial charge in [0.15, 0.2) is 0 Å². The van der Waals surface area contributed by atoms with Gasteiger partial charge in [-0.25, -0.2) is 0 Å². The summed E-state index contributed by atoms with van der Waals surface area (Å²) in [5.74, 6) is 0.571. The van der Waals surface area contributed by atoms with Crippen molar-refractivity contribution in [2.45, 2.75) is 13.8 Å². The highest BCUT2D eigenvalue weighted by atomic mass is 16.6. The van der Waals surface area contributed by atoms with Crippen molar-refractivity contribution >= 4 is 11.4 Å². The molecule has 0 aliphatic carbocycles. The lowest BCUT2D eigenvalue weighted by molar-refractivity contribution is -0.385. The number of benzene rings is 1. The van der Waals surface area contributed by atoms with Crippen molar-refractivity contribution in [3.63, 3.8) is 0 Å². The Labute approximate surface area is 112 Å². The Morgan fingerprint density at radius 2 is 2.11 bits per heavy atom. The van der Waals surface area contributed by atoms with Gasteiger partial charge in [0.25, 0.3) is 5.69 Å². The van der Waals surface area contributed by atoms with Crippen LogP contribution in [0.2, 0.25) is 0 Å². The van der Waals surface area contributed by atoms with Gasteiger partial charge in [0, 0.05) is 18.7 Å². The van der Waals surface area contributed by atoms with Gasteiger partial charge in [-0.05, 0) is 19.9 Å². The number of ether oxygens (including phenoxy) is 2. The first kappa shape index (κ1) is 13.6. The number of nitro benzene ring substituents is 1. The normalized spacial score (nSPS) is 15.4. The van der Waals surface area contributed by atoms with Crippen molar-refractivity contribution in [2.24, 2.45) is 0 Å². The van der Waals surface area contributed by atoms with Crippen molar-refractivity contribution in [1.82, 2.24) is 0 Å². The van der Waals surface area contributed by atoms with E-state index in [0.29, 0.717) is 31.1 Å². The summed E-state index contributed by atoms with van der Waals surface area (Å²) in [4.78, 5) is 12.8. The molecule has 6 heteroatoms. The van der Waals surface area contributed by atoms with Gasteiger partial charge in [-0.3, -0.25) is 10.1 Å². The maximum Gasteiger partial charge on any atom is 0.276 e. The lowest BCUT2D eigenvalue weighted by Crippen LogP contribution is -2.36. The summed E-state index contributed by atoms with van der Waals surface area (Å²) >= 11 is 0. The van der Waals surface area contributed by atoms with E-state index in [9.17, 15) is 10.1 Å². The summed E-state index contributed by atoms with van der Waals surface area (Å²) in [5.41, 5.74) is 1.66. The number of hydrogen-bond acceptors (Lipinski definition) is 5. The lowest BCUT2D eigenvalue weighted by Gasteiger charge is -2.30. The SMILES string of the molecule is CCOc1cc([N+](=O)[O-])c(C)cc1N1CCOCC1. The second kappa shape index (κ2) is 5.88. The average Bonchev–Trinajstić information content (AvgIpc) is 2.41. The third-order valence-corrected chi connectivity index (χ3v) is 3.13. The van der Waals surface area contributed by atoms with Crippen LogP contribution in [0, 0.1) is 17.0 Å². The Balaban J connectivity index is 2.40. The van der Waals surface area contributed by atoms with Gasteiger partial charge in [-0.15, -0.1) is 0 Å². The molecule has 0 radical (unpaired) electrons. The Kier molecular flexibility index (Phi) is 4.21. The number of nitro groups is 1. The molecule has 0 N–H and O–H groups in total. The van der Waals surface area contributed by atoms with Crippen molar-refractivity contribution in [1.29, 1.82) is 0 Å². The highest BCUT2D eigenvalue weighted by molar-refractivity contribution is 5.65. The van der Waals surface area contributed by atoms with Crippen LogP contribution in [0.4, 0.5) is 11.4 Å². The number of aryl methyl sites for hydroxylation is 1. The molecule has 1 aromatic rings. The van der Waals surface area contributed by atoms with Gasteiger partial charge in [-0.1, -0.05) is 0 Å². The maximum atomic E-state index is 11.0. The van der Waals surface area contributed by atoms with Crippen molar-refractivity contribution in [2.75, 3.05) is 37.8 Å². The zero-order valence-corrected chi connectivity index (χ0v) is 11.2. The van der Waals surface area contributed by atoms with Crippen molar-refractivity contribution in [3.05, 3.63) is 27.8 Å². The van der Waals surface area contributed by atoms with Crippen LogP contribution in [0.15, 0.2) is 12.1 Å². The van der Waals surface area contributed by atoms with Crippen LogP contribution in [0.25, 0.3) is 0 Å². The Morgan fingerprint density at radius 1 is 1.42 bits per heavy atom. The second-order valence-corrected chi connectivity index (χ2v) is 4.40. The number of morpholine rings is 1. The van der Waals surface area contributed by atoms with Crippen LogP contribution in [0.3, 0.4) is 0 Å². The summed E-state index contributed by atoms with van der Waals surface area (Å²) in [6.45, 7) is 6.99. The van der Waals surface area contributed by atoms with E-state index in [-0.39, 0.29) is 10.6 Å². The minimum absolute atomic E-state index is 0.0976. The highest BCUT2D eigenvalue weighted by Gasteiger charge is 2.21. The third kappa shape index (κ3) is 2.96. The standard InChI is InChI=1S/C13H18N2O4/c1-3-19-13-9-11(15(16)17)10(2)8-12(13)14-4-6-18-7-5-14/h8-9H,3-7H2,1-2H3. The monoisotopic (exact) mass is 266 g/mol. The molecule has 0 atom stereocenters. The first-order chi connectivity index (χ1) is 9.13. The van der Waals surface area contributed by atoms with E-state index in [1.54, 1.807) is 6.92 Å². The predicted octanol–water partition coefficient (Wildman–Crippen LogP) is 2.14. The van der Waals surface area contributed by atoms with Crippen LogP contribution in [-0.2, 0) is 4.74 Å². The summed E-state index contributed by atoms with van der Waals surface area (Å²) in [5, 5.41) is 11.0. The maximum absolute atomic E-state index is 11.0. The minimum atomic E-state index is -0.374. The molecule has 1 saturated heterocycles. The molecular formula is C13H18N2O4. The smallest absolute Gasteiger partial charge is 0.276 e. The average molecular weight is 266 g/mol. The van der Waals surface area contributed by atoms with Crippen LogP contribution < -0.4 is 9.64 Å². The fourth-order valence-electron chi connectivity index (χ4n) is 2.18. The summed E-state index contributed by atoms with van der Waals surface area (Å²) < 4.78 is 10.9. The Morgan fingerprint density at radius 3 is 2.68 bits per heavy atom. The van der Waals surface area contributed by atoms with E-state index in [1.165, 1.54) is 6.07 Å². The van der Waals surface area contributed by atoms with Crippen molar-refractivity contribution < 1.29 is 14.4 Å².